The summed E-state index contributed by atoms with van der Waals surface area (Å²) >= 11 is 0. The van der Waals surface area contributed by atoms with Crippen molar-refractivity contribution in [1.29, 1.82) is 0 Å². The number of aromatic nitrogens is 2. The van der Waals surface area contributed by atoms with Crippen molar-refractivity contribution in [2.24, 2.45) is 5.18 Å². The van der Waals surface area contributed by atoms with Gasteiger partial charge < -0.3 is 0 Å². The summed E-state index contributed by atoms with van der Waals surface area (Å²) in [4.78, 5) is 18.8. The molecule has 1 heterocycles. The third-order valence-electron chi connectivity index (χ3n) is 2.31. The topological polar surface area (TPSA) is 55.2 Å². The van der Waals surface area contributed by atoms with E-state index in [-0.39, 0.29) is 6.54 Å². The van der Waals surface area contributed by atoms with E-state index >= 15 is 0 Å². The van der Waals surface area contributed by atoms with Gasteiger partial charge in [0, 0.05) is 11.1 Å². The monoisotopic (exact) mass is 201 g/mol. The maximum Gasteiger partial charge on any atom is 0.126 e. The highest BCUT2D eigenvalue weighted by molar-refractivity contribution is 5.81. The van der Waals surface area contributed by atoms with Gasteiger partial charge in [-0.05, 0) is 25.5 Å². The van der Waals surface area contributed by atoms with Crippen LogP contribution in [0.3, 0.4) is 0 Å². The fourth-order valence-corrected chi connectivity index (χ4v) is 1.65. The molecule has 0 spiro atoms. The number of aryl methyl sites for hydroxylation is 2. The van der Waals surface area contributed by atoms with E-state index in [1.54, 1.807) is 0 Å². The summed E-state index contributed by atoms with van der Waals surface area (Å²) < 4.78 is 0. The summed E-state index contributed by atoms with van der Waals surface area (Å²) in [7, 11) is 0. The Morgan fingerprint density at radius 3 is 2.80 bits per heavy atom. The zero-order valence-electron chi connectivity index (χ0n) is 8.69. The second-order valence-corrected chi connectivity index (χ2v) is 3.49. The number of hydrogen-bond acceptors (Lipinski definition) is 4. The van der Waals surface area contributed by atoms with Crippen molar-refractivity contribution in [2.75, 3.05) is 0 Å². The summed E-state index contributed by atoms with van der Waals surface area (Å²) in [5, 5.41) is 3.89. The average Bonchev–Trinajstić information content (AvgIpc) is 2.17. The molecule has 0 atom stereocenters. The van der Waals surface area contributed by atoms with Gasteiger partial charge in [-0.1, -0.05) is 17.3 Å². The van der Waals surface area contributed by atoms with Crippen molar-refractivity contribution in [3.63, 3.8) is 0 Å². The molecular formula is C11H11N3O. The minimum atomic E-state index is 0.192. The van der Waals surface area contributed by atoms with Crippen molar-refractivity contribution in [2.45, 2.75) is 20.4 Å². The van der Waals surface area contributed by atoms with Gasteiger partial charge in [0.05, 0.1) is 5.52 Å². The lowest BCUT2D eigenvalue weighted by molar-refractivity contribution is 1.03. The molecule has 0 radical (unpaired) electrons. The van der Waals surface area contributed by atoms with Crippen LogP contribution >= 0.6 is 0 Å². The smallest absolute Gasteiger partial charge is 0.126 e. The first-order chi connectivity index (χ1) is 7.20. The third-order valence-corrected chi connectivity index (χ3v) is 2.31. The third kappa shape index (κ3) is 1.83. The summed E-state index contributed by atoms with van der Waals surface area (Å²) in [6.45, 7) is 4.00. The fraction of sp³-hybridized carbons (Fsp3) is 0.273. The average molecular weight is 201 g/mol. The second-order valence-electron chi connectivity index (χ2n) is 3.49. The molecule has 2 aromatic rings. The second kappa shape index (κ2) is 3.73. The van der Waals surface area contributed by atoms with Crippen molar-refractivity contribution >= 4 is 10.9 Å². The molecule has 0 aliphatic heterocycles. The van der Waals surface area contributed by atoms with Gasteiger partial charge in [0.25, 0.3) is 0 Å². The number of nitrogens with zero attached hydrogens (tertiary/aromatic N) is 3. The Morgan fingerprint density at radius 2 is 2.07 bits per heavy atom. The van der Waals surface area contributed by atoms with E-state index in [4.69, 9.17) is 0 Å². The van der Waals surface area contributed by atoms with E-state index in [0.29, 0.717) is 0 Å². The molecule has 4 nitrogen and oxygen atoms in total. The van der Waals surface area contributed by atoms with Crippen LogP contribution in [-0.4, -0.2) is 9.97 Å². The lowest BCUT2D eigenvalue weighted by Gasteiger charge is -2.03. The van der Waals surface area contributed by atoms with Crippen LogP contribution in [0.1, 0.15) is 17.1 Å². The highest BCUT2D eigenvalue weighted by Crippen LogP contribution is 2.17. The summed E-state index contributed by atoms with van der Waals surface area (Å²) in [6, 6.07) is 5.71. The van der Waals surface area contributed by atoms with Crippen molar-refractivity contribution in [3.8, 4) is 0 Å². The zero-order chi connectivity index (χ0) is 10.8. The number of nitroso groups, excluding NO2 is 1. The van der Waals surface area contributed by atoms with E-state index in [1.165, 1.54) is 0 Å². The Bertz CT molecular complexity index is 522. The molecule has 0 unspecified atom stereocenters. The maximum absolute atomic E-state index is 10.2. The van der Waals surface area contributed by atoms with Crippen LogP contribution in [-0.2, 0) is 6.54 Å². The van der Waals surface area contributed by atoms with E-state index in [9.17, 15) is 4.91 Å². The zero-order valence-corrected chi connectivity index (χ0v) is 8.69. The first-order valence-electron chi connectivity index (χ1n) is 4.73. The van der Waals surface area contributed by atoms with Crippen molar-refractivity contribution in [1.82, 2.24) is 9.97 Å². The minimum Gasteiger partial charge on any atom is -0.238 e. The molecule has 1 aromatic carbocycles. The Hall–Kier alpha value is -1.84. The molecule has 1 aromatic heterocycles. The van der Waals surface area contributed by atoms with Gasteiger partial charge in [0.2, 0.25) is 0 Å². The Labute approximate surface area is 87.3 Å². The Kier molecular flexibility index (Phi) is 2.41. The van der Waals surface area contributed by atoms with Crippen molar-refractivity contribution < 1.29 is 0 Å². The molecule has 0 bridgehead atoms. The normalized spacial score (nSPS) is 10.5. The van der Waals surface area contributed by atoms with Gasteiger partial charge >= 0.3 is 0 Å². The number of rotatable bonds is 2. The lowest BCUT2D eigenvalue weighted by atomic mass is 10.1. The minimum absolute atomic E-state index is 0.192. The SMILES string of the molecule is Cc1nc(C)c2ccc(CN=O)cc2n1. The predicted molar refractivity (Wildman–Crippen MR) is 58.5 cm³/mol. The van der Waals surface area contributed by atoms with Gasteiger partial charge in [-0.2, -0.15) is 4.91 Å². The molecule has 0 aliphatic rings. The van der Waals surface area contributed by atoms with E-state index in [0.717, 1.165) is 28.0 Å². The quantitative estimate of drug-likeness (QED) is 0.701. The molecule has 0 N–H and O–H groups in total. The molecule has 4 heteroatoms. The van der Waals surface area contributed by atoms with E-state index in [1.807, 2.05) is 32.0 Å². The van der Waals surface area contributed by atoms with Crippen LogP contribution in [0.4, 0.5) is 0 Å². The van der Waals surface area contributed by atoms with Gasteiger partial charge in [-0.25, -0.2) is 9.97 Å². The number of benzene rings is 1. The van der Waals surface area contributed by atoms with Gasteiger partial charge in [-0.15, -0.1) is 0 Å². The highest BCUT2D eigenvalue weighted by atomic mass is 16.3. The van der Waals surface area contributed by atoms with Crippen molar-refractivity contribution in [3.05, 3.63) is 40.2 Å². The highest BCUT2D eigenvalue weighted by Gasteiger charge is 2.02. The van der Waals surface area contributed by atoms with Crippen LogP contribution in [0.2, 0.25) is 0 Å². The van der Waals surface area contributed by atoms with Crippen LogP contribution < -0.4 is 0 Å². The maximum atomic E-state index is 10.2. The summed E-state index contributed by atoms with van der Waals surface area (Å²) in [5.74, 6) is 0.746. The van der Waals surface area contributed by atoms with Gasteiger partial charge in [0.1, 0.15) is 12.4 Å². The van der Waals surface area contributed by atoms with Crippen LogP contribution in [0.25, 0.3) is 10.9 Å². The van der Waals surface area contributed by atoms with Crippen LogP contribution in [0.15, 0.2) is 23.4 Å². The van der Waals surface area contributed by atoms with E-state index in [2.05, 4.69) is 15.1 Å². The molecule has 0 aliphatic carbocycles. The molecule has 0 amide bonds. The largest absolute Gasteiger partial charge is 0.238 e. The Balaban J connectivity index is 2.65. The molecule has 0 saturated carbocycles. The standard InChI is InChI=1S/C11H11N3O/c1-7-10-4-3-9(6-12-15)5-11(10)14-8(2)13-7/h3-5H,6H2,1-2H3. The van der Waals surface area contributed by atoms with Gasteiger partial charge in [0.15, 0.2) is 0 Å². The van der Waals surface area contributed by atoms with Crippen LogP contribution in [0.5, 0.6) is 0 Å². The predicted octanol–water partition coefficient (Wildman–Crippen LogP) is 2.51. The van der Waals surface area contributed by atoms with Crippen LogP contribution in [0, 0.1) is 18.8 Å². The summed E-state index contributed by atoms with van der Waals surface area (Å²) in [6.07, 6.45) is 0. The molecular weight excluding hydrogens is 190 g/mol. The number of fused-ring (bicyclic) bond motifs is 1. The van der Waals surface area contributed by atoms with Gasteiger partial charge in [-0.3, -0.25) is 0 Å². The summed E-state index contributed by atoms with van der Waals surface area (Å²) in [5.41, 5.74) is 2.72. The molecule has 2 rings (SSSR count). The van der Waals surface area contributed by atoms with E-state index < -0.39 is 0 Å². The molecule has 0 saturated heterocycles. The number of hydrogen-bond donors (Lipinski definition) is 0. The fourth-order valence-electron chi connectivity index (χ4n) is 1.65. The first-order valence-corrected chi connectivity index (χ1v) is 4.73. The Morgan fingerprint density at radius 1 is 1.27 bits per heavy atom. The lowest BCUT2D eigenvalue weighted by Crippen LogP contribution is -1.94. The first kappa shape index (κ1) is 9.71. The molecule has 0 fully saturated rings. The molecule has 76 valence electrons. The molecule has 15 heavy (non-hydrogen) atoms.